The average Bonchev–Trinajstić information content (AvgIpc) is 2.49. The maximum Gasteiger partial charge on any atom is 0.143 e. The third kappa shape index (κ3) is 0.550. The summed E-state index contributed by atoms with van der Waals surface area (Å²) in [5.74, 6) is 0.468. The van der Waals surface area contributed by atoms with E-state index in [-0.39, 0.29) is 5.41 Å². The van der Waals surface area contributed by atoms with Crippen molar-refractivity contribution in [2.24, 2.45) is 16.2 Å². The minimum absolute atomic E-state index is 0.141. The Labute approximate surface area is 85.6 Å². The lowest BCUT2D eigenvalue weighted by Crippen LogP contribution is -2.53. The van der Waals surface area contributed by atoms with Gasteiger partial charge in [0.15, 0.2) is 0 Å². The molecule has 0 radical (unpaired) electrons. The van der Waals surface area contributed by atoms with E-state index in [0.717, 1.165) is 12.8 Å². The smallest absolute Gasteiger partial charge is 0.143 e. The Morgan fingerprint density at radius 3 is 2.57 bits per heavy atom. The van der Waals surface area contributed by atoms with Gasteiger partial charge >= 0.3 is 0 Å². The molecule has 0 N–H and O–H groups in total. The zero-order chi connectivity index (χ0) is 10.2. The van der Waals surface area contributed by atoms with Gasteiger partial charge in [0.25, 0.3) is 0 Å². The molecule has 1 spiro atoms. The summed E-state index contributed by atoms with van der Waals surface area (Å²) in [5.41, 5.74) is 1.68. The maximum absolute atomic E-state index is 12.1. The Morgan fingerprint density at radius 2 is 1.93 bits per heavy atom. The molecule has 3 aliphatic carbocycles. The fourth-order valence-electron chi connectivity index (χ4n) is 4.68. The molecule has 3 rings (SSSR count). The molecule has 1 heteroatoms. The lowest BCUT2D eigenvalue weighted by molar-refractivity contribution is -0.131. The van der Waals surface area contributed by atoms with Crippen LogP contribution in [0.4, 0.5) is 0 Å². The first-order valence-electron chi connectivity index (χ1n) is 5.68. The van der Waals surface area contributed by atoms with Gasteiger partial charge < -0.3 is 0 Å². The Bertz CT molecular complexity index is 356. The van der Waals surface area contributed by atoms with Gasteiger partial charge in [-0.2, -0.15) is 0 Å². The van der Waals surface area contributed by atoms with Crippen LogP contribution < -0.4 is 0 Å². The minimum Gasteiger partial charge on any atom is -0.299 e. The zero-order valence-corrected chi connectivity index (χ0v) is 9.15. The molecular weight excluding hydrogens is 172 g/mol. The molecule has 3 aliphatic rings. The molecule has 76 valence electrons. The fourth-order valence-corrected chi connectivity index (χ4v) is 4.68. The molecule has 0 aromatic carbocycles. The monoisotopic (exact) mass is 190 g/mol. The largest absolute Gasteiger partial charge is 0.299 e. The minimum atomic E-state index is -0.141. The van der Waals surface area contributed by atoms with E-state index in [1.165, 1.54) is 24.8 Å². The SMILES string of the molecule is C=C1C[C@]23CCC[C@@]2(C)CC(=O)[C@]13C. The molecular formula is C13H18O. The van der Waals surface area contributed by atoms with Crippen LogP contribution in [0.3, 0.4) is 0 Å². The first kappa shape index (κ1) is 8.70. The Kier molecular flexibility index (Phi) is 1.24. The van der Waals surface area contributed by atoms with E-state index in [0.29, 0.717) is 16.6 Å². The van der Waals surface area contributed by atoms with Crippen molar-refractivity contribution in [3.05, 3.63) is 12.2 Å². The van der Waals surface area contributed by atoms with Gasteiger partial charge in [-0.3, -0.25) is 4.79 Å². The lowest BCUT2D eigenvalue weighted by atomic mass is 9.44. The van der Waals surface area contributed by atoms with E-state index >= 15 is 0 Å². The van der Waals surface area contributed by atoms with Gasteiger partial charge in [-0.05, 0) is 37.0 Å². The van der Waals surface area contributed by atoms with Crippen molar-refractivity contribution < 1.29 is 4.79 Å². The normalized spacial score (nSPS) is 55.6. The summed E-state index contributed by atoms with van der Waals surface area (Å²) in [5, 5.41) is 0. The second-order valence-electron chi connectivity index (χ2n) is 6.00. The molecule has 3 atom stereocenters. The van der Waals surface area contributed by atoms with Crippen LogP contribution in [0.5, 0.6) is 0 Å². The second kappa shape index (κ2) is 2.00. The molecule has 3 fully saturated rings. The van der Waals surface area contributed by atoms with Gasteiger partial charge in [0, 0.05) is 6.42 Å². The van der Waals surface area contributed by atoms with Crippen molar-refractivity contribution in [1.29, 1.82) is 0 Å². The van der Waals surface area contributed by atoms with E-state index in [1.54, 1.807) is 0 Å². The molecule has 0 aromatic heterocycles. The molecule has 1 nitrogen and oxygen atoms in total. The van der Waals surface area contributed by atoms with E-state index in [2.05, 4.69) is 20.4 Å². The van der Waals surface area contributed by atoms with Crippen molar-refractivity contribution >= 4 is 5.78 Å². The summed E-state index contributed by atoms with van der Waals surface area (Å²) >= 11 is 0. The van der Waals surface area contributed by atoms with E-state index < -0.39 is 0 Å². The van der Waals surface area contributed by atoms with E-state index in [1.807, 2.05) is 0 Å². The Morgan fingerprint density at radius 1 is 1.21 bits per heavy atom. The highest BCUT2D eigenvalue weighted by Gasteiger charge is 2.75. The van der Waals surface area contributed by atoms with Gasteiger partial charge in [0.1, 0.15) is 5.78 Å². The van der Waals surface area contributed by atoms with Crippen LogP contribution in [0.1, 0.15) is 46.0 Å². The van der Waals surface area contributed by atoms with Gasteiger partial charge in [-0.15, -0.1) is 0 Å². The molecule has 0 heterocycles. The second-order valence-corrected chi connectivity index (χ2v) is 6.00. The molecule has 0 saturated heterocycles. The van der Waals surface area contributed by atoms with Crippen molar-refractivity contribution in [3.63, 3.8) is 0 Å². The number of carbonyl (C=O) groups excluding carboxylic acids is 1. The third-order valence-corrected chi connectivity index (χ3v) is 5.78. The lowest BCUT2D eigenvalue weighted by Gasteiger charge is -2.58. The molecule has 3 saturated carbocycles. The van der Waals surface area contributed by atoms with Crippen LogP contribution in [0, 0.1) is 16.2 Å². The Balaban J connectivity index is 2.19. The summed E-state index contributed by atoms with van der Waals surface area (Å²) in [6.45, 7) is 8.57. The summed E-state index contributed by atoms with van der Waals surface area (Å²) in [6, 6.07) is 0. The first-order chi connectivity index (χ1) is 6.46. The molecule has 0 bridgehead atoms. The van der Waals surface area contributed by atoms with Crippen LogP contribution in [-0.2, 0) is 4.79 Å². The average molecular weight is 190 g/mol. The molecule has 0 aliphatic heterocycles. The van der Waals surface area contributed by atoms with Crippen molar-refractivity contribution in [3.8, 4) is 0 Å². The number of hydrogen-bond donors (Lipinski definition) is 0. The first-order valence-corrected chi connectivity index (χ1v) is 5.68. The van der Waals surface area contributed by atoms with Crippen molar-refractivity contribution in [1.82, 2.24) is 0 Å². The zero-order valence-electron chi connectivity index (χ0n) is 9.15. The summed E-state index contributed by atoms with van der Waals surface area (Å²) in [4.78, 5) is 12.1. The van der Waals surface area contributed by atoms with E-state index in [4.69, 9.17) is 0 Å². The number of allylic oxidation sites excluding steroid dienone is 1. The molecule has 0 amide bonds. The fraction of sp³-hybridized carbons (Fsp3) is 0.769. The number of carbonyl (C=O) groups is 1. The highest BCUT2D eigenvalue weighted by atomic mass is 16.1. The van der Waals surface area contributed by atoms with Crippen molar-refractivity contribution in [2.75, 3.05) is 0 Å². The highest BCUT2D eigenvalue weighted by molar-refractivity contribution is 5.94. The highest BCUT2D eigenvalue weighted by Crippen LogP contribution is 2.79. The number of hydrogen-bond acceptors (Lipinski definition) is 1. The van der Waals surface area contributed by atoms with Gasteiger partial charge in [-0.25, -0.2) is 0 Å². The molecule has 14 heavy (non-hydrogen) atoms. The van der Waals surface area contributed by atoms with Crippen LogP contribution in [0.15, 0.2) is 12.2 Å². The third-order valence-electron chi connectivity index (χ3n) is 5.78. The van der Waals surface area contributed by atoms with Crippen LogP contribution in [-0.4, -0.2) is 5.78 Å². The summed E-state index contributed by atoms with van der Waals surface area (Å²) < 4.78 is 0. The predicted octanol–water partition coefficient (Wildman–Crippen LogP) is 3.10. The predicted molar refractivity (Wildman–Crippen MR) is 55.9 cm³/mol. The van der Waals surface area contributed by atoms with Crippen LogP contribution in [0.2, 0.25) is 0 Å². The maximum atomic E-state index is 12.1. The number of ketones is 1. The molecule has 0 unspecified atom stereocenters. The van der Waals surface area contributed by atoms with Crippen LogP contribution in [0.25, 0.3) is 0 Å². The molecule has 0 aromatic rings. The number of Topliss-reactive ketones (excluding diaryl/α,β-unsaturated/α-hetero) is 1. The topological polar surface area (TPSA) is 17.1 Å². The number of rotatable bonds is 0. The summed E-state index contributed by atoms with van der Waals surface area (Å²) in [7, 11) is 0. The quantitative estimate of drug-likeness (QED) is 0.536. The van der Waals surface area contributed by atoms with Crippen LogP contribution >= 0.6 is 0 Å². The standard InChI is InChI=1S/C13H18O/c1-9-7-13-6-4-5-11(13,2)8-10(14)12(9,13)3/h1,4-8H2,2-3H3/t11-,12-,13+/m0/s1. The Hall–Kier alpha value is -0.590. The summed E-state index contributed by atoms with van der Waals surface area (Å²) in [6.07, 6.45) is 5.74. The van der Waals surface area contributed by atoms with Gasteiger partial charge in [0.2, 0.25) is 0 Å². The van der Waals surface area contributed by atoms with Gasteiger partial charge in [-0.1, -0.05) is 25.5 Å². The van der Waals surface area contributed by atoms with Gasteiger partial charge in [0.05, 0.1) is 5.41 Å². The van der Waals surface area contributed by atoms with Crippen molar-refractivity contribution in [2.45, 2.75) is 46.0 Å². The van der Waals surface area contributed by atoms with E-state index in [9.17, 15) is 4.79 Å².